The van der Waals surface area contributed by atoms with Crippen molar-refractivity contribution in [2.75, 3.05) is 20.1 Å². The molecule has 28 heavy (non-hydrogen) atoms. The van der Waals surface area contributed by atoms with Crippen LogP contribution in [-0.2, 0) is 6.54 Å². The molecule has 10 heteroatoms. The van der Waals surface area contributed by atoms with E-state index in [1.54, 1.807) is 45.6 Å². The van der Waals surface area contributed by atoms with Crippen LogP contribution in [0.5, 0.6) is 0 Å². The second-order valence-corrected chi connectivity index (χ2v) is 7.55. The lowest BCUT2D eigenvalue weighted by Gasteiger charge is -2.22. The van der Waals surface area contributed by atoms with Crippen LogP contribution >= 0.6 is 11.6 Å². The van der Waals surface area contributed by atoms with Gasteiger partial charge in [-0.15, -0.1) is 0 Å². The molecule has 144 valence electrons. The van der Waals surface area contributed by atoms with Crippen molar-refractivity contribution < 1.29 is 8.78 Å². The summed E-state index contributed by atoms with van der Waals surface area (Å²) < 4.78 is 33.1. The van der Waals surface area contributed by atoms with E-state index in [4.69, 9.17) is 11.6 Å². The van der Waals surface area contributed by atoms with Gasteiger partial charge in [-0.3, -0.25) is 9.88 Å². The molecule has 0 unspecified atom stereocenters. The molecule has 0 N–H and O–H groups in total. The molecule has 1 aliphatic heterocycles. The summed E-state index contributed by atoms with van der Waals surface area (Å²) in [6.07, 6.45) is 4.56. The summed E-state index contributed by atoms with van der Waals surface area (Å²) in [5, 5.41) is 5.31. The maximum absolute atomic E-state index is 14.9. The second-order valence-electron chi connectivity index (χ2n) is 7.12. The number of halogens is 3. The lowest BCUT2D eigenvalue weighted by molar-refractivity contribution is -0.0202. The van der Waals surface area contributed by atoms with Gasteiger partial charge in [0, 0.05) is 17.0 Å². The number of likely N-dealkylation sites (N-methyl/N-ethyl adjacent to an activating group) is 1. The Kier molecular flexibility index (Phi) is 3.85. The molecule has 1 atom stereocenters. The number of fused-ring (bicyclic) bond motifs is 3. The van der Waals surface area contributed by atoms with E-state index < -0.39 is 12.0 Å². The SMILES string of the molecule is CN1C[C@H](n2c(Cn3cncn3)nc3cnc4ccc(Cl)cc4c32)C(F)(F)C1. The van der Waals surface area contributed by atoms with E-state index in [1.807, 2.05) is 0 Å². The summed E-state index contributed by atoms with van der Waals surface area (Å²) in [4.78, 5) is 14.6. The van der Waals surface area contributed by atoms with Gasteiger partial charge in [0.15, 0.2) is 0 Å². The highest BCUT2D eigenvalue weighted by molar-refractivity contribution is 6.31. The number of alkyl halides is 2. The van der Waals surface area contributed by atoms with Crippen molar-refractivity contribution >= 4 is 33.5 Å². The molecule has 0 aliphatic carbocycles. The van der Waals surface area contributed by atoms with Crippen LogP contribution in [0.4, 0.5) is 8.78 Å². The summed E-state index contributed by atoms with van der Waals surface area (Å²) in [6, 6.07) is 4.22. The van der Waals surface area contributed by atoms with E-state index in [2.05, 4.69) is 20.1 Å². The minimum Gasteiger partial charge on any atom is -0.315 e. The van der Waals surface area contributed by atoms with Gasteiger partial charge < -0.3 is 4.57 Å². The maximum Gasteiger partial charge on any atom is 0.282 e. The minimum atomic E-state index is -2.90. The number of benzene rings is 1. The smallest absolute Gasteiger partial charge is 0.282 e. The highest BCUT2D eigenvalue weighted by atomic mass is 35.5. The average molecular weight is 404 g/mol. The first-order valence-corrected chi connectivity index (χ1v) is 9.14. The number of imidazole rings is 1. The molecule has 5 rings (SSSR count). The van der Waals surface area contributed by atoms with E-state index >= 15 is 0 Å². The van der Waals surface area contributed by atoms with Crippen LogP contribution < -0.4 is 0 Å². The minimum absolute atomic E-state index is 0.215. The molecule has 3 aromatic heterocycles. The highest BCUT2D eigenvalue weighted by Crippen LogP contribution is 2.40. The quantitative estimate of drug-likeness (QED) is 0.526. The van der Waals surface area contributed by atoms with Crippen molar-refractivity contribution in [2.24, 2.45) is 0 Å². The van der Waals surface area contributed by atoms with E-state index in [0.29, 0.717) is 32.8 Å². The summed E-state index contributed by atoms with van der Waals surface area (Å²) >= 11 is 6.20. The zero-order valence-electron chi connectivity index (χ0n) is 14.9. The summed E-state index contributed by atoms with van der Waals surface area (Å²) in [5.41, 5.74) is 1.85. The first-order valence-electron chi connectivity index (χ1n) is 8.76. The van der Waals surface area contributed by atoms with Crippen molar-refractivity contribution in [3.63, 3.8) is 0 Å². The van der Waals surface area contributed by atoms with Crippen LogP contribution in [-0.4, -0.2) is 60.3 Å². The third kappa shape index (κ3) is 2.73. The monoisotopic (exact) mass is 403 g/mol. The van der Waals surface area contributed by atoms with Crippen molar-refractivity contribution in [1.29, 1.82) is 0 Å². The lowest BCUT2D eigenvalue weighted by Crippen LogP contribution is -2.31. The largest absolute Gasteiger partial charge is 0.315 e. The Hall–Kier alpha value is -2.65. The number of hydrogen-bond donors (Lipinski definition) is 0. The molecule has 1 fully saturated rings. The zero-order valence-corrected chi connectivity index (χ0v) is 15.7. The van der Waals surface area contributed by atoms with Crippen LogP contribution in [0.1, 0.15) is 11.9 Å². The van der Waals surface area contributed by atoms with Gasteiger partial charge in [-0.2, -0.15) is 5.10 Å². The van der Waals surface area contributed by atoms with Gasteiger partial charge in [0.25, 0.3) is 5.92 Å². The van der Waals surface area contributed by atoms with E-state index in [0.717, 1.165) is 0 Å². The summed E-state index contributed by atoms with van der Waals surface area (Å²) in [5.74, 6) is -2.41. The number of likely N-dealkylation sites (tertiary alicyclic amines) is 1. The molecular formula is C18H16ClF2N7. The third-order valence-corrected chi connectivity index (χ3v) is 5.32. The van der Waals surface area contributed by atoms with Crippen molar-refractivity contribution in [3.8, 4) is 0 Å². The maximum atomic E-state index is 14.9. The van der Waals surface area contributed by atoms with Gasteiger partial charge in [-0.25, -0.2) is 23.4 Å². The second kappa shape index (κ2) is 6.18. The molecule has 4 heterocycles. The molecule has 1 saturated heterocycles. The first-order chi connectivity index (χ1) is 13.4. The molecule has 7 nitrogen and oxygen atoms in total. The Morgan fingerprint density at radius 3 is 2.86 bits per heavy atom. The van der Waals surface area contributed by atoms with Gasteiger partial charge in [0.1, 0.15) is 36.6 Å². The molecule has 0 bridgehead atoms. The Labute approximate surface area is 163 Å². The Bertz CT molecular complexity index is 1170. The van der Waals surface area contributed by atoms with Crippen molar-refractivity contribution in [2.45, 2.75) is 18.5 Å². The standard InChI is InChI=1S/C18H16ClF2N7/c1-26-6-15(18(20,21)8-26)28-16(7-27-10-22-9-24-27)25-14-5-23-13-3-2-11(19)4-12(13)17(14)28/h2-5,9-10,15H,6-8H2,1H3/t15-/m0/s1. The topological polar surface area (TPSA) is 64.7 Å². The van der Waals surface area contributed by atoms with Crippen molar-refractivity contribution in [1.82, 2.24) is 34.2 Å². The van der Waals surface area contributed by atoms with Crippen LogP contribution in [0, 0.1) is 0 Å². The van der Waals surface area contributed by atoms with Gasteiger partial charge in [-0.05, 0) is 25.2 Å². The average Bonchev–Trinajstić information content (AvgIpc) is 3.32. The molecule has 1 aliphatic rings. The Morgan fingerprint density at radius 1 is 1.29 bits per heavy atom. The Balaban J connectivity index is 1.81. The molecular weight excluding hydrogens is 388 g/mol. The number of nitrogens with zero attached hydrogens (tertiary/aromatic N) is 7. The van der Waals surface area contributed by atoms with Gasteiger partial charge in [0.2, 0.25) is 0 Å². The molecule has 0 saturated carbocycles. The van der Waals surface area contributed by atoms with Gasteiger partial charge in [-0.1, -0.05) is 11.6 Å². The molecule has 0 amide bonds. The van der Waals surface area contributed by atoms with Crippen LogP contribution in [0.25, 0.3) is 21.9 Å². The summed E-state index contributed by atoms with van der Waals surface area (Å²) in [7, 11) is 1.70. The fraction of sp³-hybridized carbons (Fsp3) is 0.333. The molecule has 0 radical (unpaired) electrons. The van der Waals surface area contributed by atoms with Gasteiger partial charge in [0.05, 0.1) is 23.8 Å². The molecule has 0 spiro atoms. The third-order valence-electron chi connectivity index (χ3n) is 5.09. The normalized spacial score (nSPS) is 19.8. The number of aromatic nitrogens is 6. The Morgan fingerprint density at radius 2 is 2.14 bits per heavy atom. The number of pyridine rings is 1. The van der Waals surface area contributed by atoms with Crippen LogP contribution in [0.15, 0.2) is 37.1 Å². The van der Waals surface area contributed by atoms with Gasteiger partial charge >= 0.3 is 0 Å². The first kappa shape index (κ1) is 17.4. The van der Waals surface area contributed by atoms with Crippen LogP contribution in [0.2, 0.25) is 5.02 Å². The van der Waals surface area contributed by atoms with E-state index in [1.165, 1.54) is 12.7 Å². The summed E-state index contributed by atoms with van der Waals surface area (Å²) in [6.45, 7) is 0.143. The van der Waals surface area contributed by atoms with Crippen LogP contribution in [0.3, 0.4) is 0 Å². The molecule has 4 aromatic rings. The van der Waals surface area contributed by atoms with Crippen molar-refractivity contribution in [3.05, 3.63) is 47.9 Å². The molecule has 1 aromatic carbocycles. The predicted octanol–water partition coefficient (Wildman–Crippen LogP) is 3.00. The number of rotatable bonds is 3. The fourth-order valence-electron chi connectivity index (χ4n) is 3.93. The number of hydrogen-bond acceptors (Lipinski definition) is 5. The van der Waals surface area contributed by atoms with E-state index in [-0.39, 0.29) is 19.6 Å². The van der Waals surface area contributed by atoms with E-state index in [9.17, 15) is 8.78 Å². The lowest BCUT2D eigenvalue weighted by atomic mass is 10.1. The highest BCUT2D eigenvalue weighted by Gasteiger charge is 2.49. The fourth-order valence-corrected chi connectivity index (χ4v) is 4.11. The zero-order chi connectivity index (χ0) is 19.5. The predicted molar refractivity (Wildman–Crippen MR) is 101 cm³/mol.